The highest BCUT2D eigenvalue weighted by atomic mass is 79.9. The van der Waals surface area contributed by atoms with Crippen molar-refractivity contribution in [2.24, 2.45) is 4.99 Å². The van der Waals surface area contributed by atoms with E-state index < -0.39 is 23.5 Å². The van der Waals surface area contributed by atoms with Crippen LogP contribution in [0.3, 0.4) is 0 Å². The summed E-state index contributed by atoms with van der Waals surface area (Å²) < 4.78 is 6.74. The molecule has 4 rings (SSSR count). The first-order chi connectivity index (χ1) is 18.7. The van der Waals surface area contributed by atoms with Gasteiger partial charge in [-0.25, -0.2) is 4.79 Å². The highest BCUT2D eigenvalue weighted by Crippen LogP contribution is 2.35. The maximum absolute atomic E-state index is 13.9. The zero-order chi connectivity index (χ0) is 27.8. The molecule has 0 amide bonds. The molecule has 4 aromatic rings. The first kappa shape index (κ1) is 28.2. The smallest absolute Gasteiger partial charge is 0.332 e. The van der Waals surface area contributed by atoms with Crippen LogP contribution in [0, 0.1) is 0 Å². The number of halogens is 1. The Morgan fingerprint density at radius 2 is 1.18 bits per heavy atom. The van der Waals surface area contributed by atoms with Gasteiger partial charge in [0.25, 0.3) is 0 Å². The summed E-state index contributed by atoms with van der Waals surface area (Å²) in [6, 6.07) is 35.4. The van der Waals surface area contributed by atoms with E-state index in [0.717, 1.165) is 21.2 Å². The van der Waals surface area contributed by atoms with Gasteiger partial charge in [-0.1, -0.05) is 125 Å². The fourth-order valence-electron chi connectivity index (χ4n) is 4.43. The minimum Gasteiger partial charge on any atom is -0.458 e. The van der Waals surface area contributed by atoms with Crippen molar-refractivity contribution in [1.29, 1.82) is 0 Å². The number of benzene rings is 4. The summed E-state index contributed by atoms with van der Waals surface area (Å²) in [6.07, 6.45) is 0.0803. The number of hydrogen-bond acceptors (Lipinski definition) is 4. The molecule has 0 spiro atoms. The van der Waals surface area contributed by atoms with Crippen molar-refractivity contribution in [3.8, 4) is 0 Å². The number of esters is 1. The van der Waals surface area contributed by atoms with Crippen LogP contribution in [0.15, 0.2) is 125 Å². The monoisotopic (exact) mass is 581 g/mol. The molecule has 5 heteroatoms. The average molecular weight is 583 g/mol. The number of aliphatic imine (C=N–C) groups is 1. The third kappa shape index (κ3) is 7.61. The Morgan fingerprint density at radius 3 is 1.67 bits per heavy atom. The standard InChI is InChI=1S/C34H32BrNO3/c1-34(2,3)39-33(38)32(36-31(25-17-9-5-10-18-25)26-19-11-6-12-20-26)28(27-21-13-14-22-29(27)35)23-30(37)24-15-7-4-8-16-24/h4-22,28,32H,23H2,1-3H3/t28-,32+/m0/s1. The topological polar surface area (TPSA) is 55.7 Å². The van der Waals surface area contributed by atoms with E-state index in [4.69, 9.17) is 9.73 Å². The molecule has 0 heterocycles. The van der Waals surface area contributed by atoms with Gasteiger partial charge < -0.3 is 4.74 Å². The van der Waals surface area contributed by atoms with E-state index in [0.29, 0.717) is 11.3 Å². The molecule has 4 nitrogen and oxygen atoms in total. The Bertz CT molecular complexity index is 1390. The maximum atomic E-state index is 13.9. The lowest BCUT2D eigenvalue weighted by molar-refractivity contribution is -0.156. The van der Waals surface area contributed by atoms with Gasteiger partial charge in [0.1, 0.15) is 5.60 Å². The molecule has 2 atom stereocenters. The van der Waals surface area contributed by atoms with Crippen LogP contribution in [0.2, 0.25) is 0 Å². The number of hydrogen-bond donors (Lipinski definition) is 0. The number of carbonyl (C=O) groups excluding carboxylic acids is 2. The van der Waals surface area contributed by atoms with Crippen LogP contribution in [-0.2, 0) is 9.53 Å². The molecule has 0 saturated heterocycles. The largest absolute Gasteiger partial charge is 0.458 e. The maximum Gasteiger partial charge on any atom is 0.332 e. The van der Waals surface area contributed by atoms with E-state index in [1.54, 1.807) is 12.1 Å². The fraction of sp³-hybridized carbons (Fsp3) is 0.206. The van der Waals surface area contributed by atoms with Gasteiger partial charge in [0.2, 0.25) is 0 Å². The Hall–Kier alpha value is -3.83. The van der Waals surface area contributed by atoms with Gasteiger partial charge in [-0.2, -0.15) is 0 Å². The quantitative estimate of drug-likeness (QED) is 0.114. The molecule has 0 N–H and O–H groups in total. The first-order valence-electron chi connectivity index (χ1n) is 13.0. The van der Waals surface area contributed by atoms with Crippen molar-refractivity contribution in [3.05, 3.63) is 142 Å². The third-order valence-electron chi connectivity index (χ3n) is 6.20. The molecule has 0 aliphatic rings. The summed E-state index contributed by atoms with van der Waals surface area (Å²) >= 11 is 3.67. The molecule has 0 radical (unpaired) electrons. The predicted octanol–water partition coefficient (Wildman–Crippen LogP) is 8.05. The molecule has 0 aliphatic carbocycles. The number of ether oxygens (including phenoxy) is 1. The molecular formula is C34H32BrNO3. The number of rotatable bonds is 9. The van der Waals surface area contributed by atoms with Crippen molar-refractivity contribution < 1.29 is 14.3 Å². The van der Waals surface area contributed by atoms with Crippen LogP contribution >= 0.6 is 15.9 Å². The number of ketones is 1. The molecule has 4 aromatic carbocycles. The molecule has 0 fully saturated rings. The van der Waals surface area contributed by atoms with Crippen LogP contribution in [0.25, 0.3) is 0 Å². The lowest BCUT2D eigenvalue weighted by atomic mass is 9.85. The van der Waals surface area contributed by atoms with E-state index in [1.165, 1.54) is 0 Å². The van der Waals surface area contributed by atoms with Crippen molar-refractivity contribution in [3.63, 3.8) is 0 Å². The number of Topliss-reactive ketones (excluding diaryl/α,β-unsaturated/α-hetero) is 1. The fourth-order valence-corrected chi connectivity index (χ4v) is 5.00. The summed E-state index contributed by atoms with van der Waals surface area (Å²) in [6.45, 7) is 5.51. The van der Waals surface area contributed by atoms with E-state index in [1.807, 2.05) is 124 Å². The Balaban J connectivity index is 1.91. The SMILES string of the molecule is CC(C)(C)OC(=O)[C@H](N=C(c1ccccc1)c1ccccc1)[C@@H](CC(=O)c1ccccc1)c1ccccc1Br. The average Bonchev–Trinajstić information content (AvgIpc) is 2.93. The Labute approximate surface area is 238 Å². The highest BCUT2D eigenvalue weighted by molar-refractivity contribution is 9.10. The lowest BCUT2D eigenvalue weighted by Gasteiger charge is -2.28. The minimum atomic E-state index is -0.981. The van der Waals surface area contributed by atoms with Gasteiger partial charge in [0.15, 0.2) is 11.8 Å². The Kier molecular flexibility index (Phi) is 9.26. The second kappa shape index (κ2) is 12.8. The molecule has 0 aromatic heterocycles. The van der Waals surface area contributed by atoms with E-state index in [9.17, 15) is 9.59 Å². The third-order valence-corrected chi connectivity index (χ3v) is 6.92. The minimum absolute atomic E-state index is 0.0684. The molecule has 198 valence electrons. The van der Waals surface area contributed by atoms with Gasteiger partial charge in [-0.15, -0.1) is 0 Å². The van der Waals surface area contributed by atoms with Crippen LogP contribution in [-0.4, -0.2) is 29.1 Å². The summed E-state index contributed by atoms with van der Waals surface area (Å²) in [4.78, 5) is 32.6. The van der Waals surface area contributed by atoms with Crippen molar-refractivity contribution in [2.45, 2.75) is 44.8 Å². The summed E-state index contributed by atoms with van der Waals surface area (Å²) in [7, 11) is 0. The lowest BCUT2D eigenvalue weighted by Crippen LogP contribution is -2.36. The molecule has 0 aliphatic heterocycles. The second-order valence-electron chi connectivity index (χ2n) is 10.3. The van der Waals surface area contributed by atoms with Gasteiger partial charge in [-0.05, 0) is 32.4 Å². The zero-order valence-corrected chi connectivity index (χ0v) is 24.0. The van der Waals surface area contributed by atoms with E-state index >= 15 is 0 Å². The van der Waals surface area contributed by atoms with E-state index in [-0.39, 0.29) is 12.2 Å². The molecule has 39 heavy (non-hydrogen) atoms. The summed E-state index contributed by atoms with van der Waals surface area (Å²) in [5.41, 5.74) is 3.09. The summed E-state index contributed by atoms with van der Waals surface area (Å²) in [5, 5.41) is 0. The number of carbonyl (C=O) groups is 2. The number of nitrogens with zero attached hydrogens (tertiary/aromatic N) is 1. The predicted molar refractivity (Wildman–Crippen MR) is 160 cm³/mol. The van der Waals surface area contributed by atoms with Gasteiger partial charge in [0.05, 0.1) is 5.71 Å². The van der Waals surface area contributed by atoms with Crippen LogP contribution < -0.4 is 0 Å². The zero-order valence-electron chi connectivity index (χ0n) is 22.4. The van der Waals surface area contributed by atoms with Crippen LogP contribution in [0.4, 0.5) is 0 Å². The Morgan fingerprint density at radius 1 is 0.718 bits per heavy atom. The molecule has 0 bridgehead atoms. The second-order valence-corrected chi connectivity index (χ2v) is 11.2. The van der Waals surface area contributed by atoms with Gasteiger partial charge in [0, 0.05) is 33.5 Å². The molecular weight excluding hydrogens is 550 g/mol. The summed E-state index contributed by atoms with van der Waals surface area (Å²) in [5.74, 6) is -1.12. The van der Waals surface area contributed by atoms with Crippen molar-refractivity contribution >= 4 is 33.4 Å². The van der Waals surface area contributed by atoms with Crippen molar-refractivity contribution in [2.75, 3.05) is 0 Å². The normalized spacial score (nSPS) is 12.7. The molecule has 0 unspecified atom stereocenters. The van der Waals surface area contributed by atoms with E-state index in [2.05, 4.69) is 15.9 Å². The van der Waals surface area contributed by atoms with Gasteiger partial charge >= 0.3 is 5.97 Å². The van der Waals surface area contributed by atoms with Gasteiger partial charge in [-0.3, -0.25) is 9.79 Å². The molecule has 0 saturated carbocycles. The van der Waals surface area contributed by atoms with Crippen molar-refractivity contribution in [1.82, 2.24) is 0 Å². The van der Waals surface area contributed by atoms with Crippen LogP contribution in [0.1, 0.15) is 60.2 Å². The highest BCUT2D eigenvalue weighted by Gasteiger charge is 2.36. The first-order valence-corrected chi connectivity index (χ1v) is 13.8. The van der Waals surface area contributed by atoms with Crippen LogP contribution in [0.5, 0.6) is 0 Å².